The van der Waals surface area contributed by atoms with Crippen LogP contribution in [0.25, 0.3) is 0 Å². The summed E-state index contributed by atoms with van der Waals surface area (Å²) < 4.78 is 13.0. The Balaban J connectivity index is 2.14. The van der Waals surface area contributed by atoms with Gasteiger partial charge in [-0.3, -0.25) is 4.79 Å². The van der Waals surface area contributed by atoms with Gasteiger partial charge in [-0.15, -0.1) is 0 Å². The van der Waals surface area contributed by atoms with Crippen molar-refractivity contribution < 1.29 is 14.3 Å². The zero-order valence-electron chi connectivity index (χ0n) is 10.1. The third kappa shape index (κ3) is 2.65. The Hall–Kier alpha value is -1.13. The number of rotatable bonds is 1. The van der Waals surface area contributed by atoms with Gasteiger partial charge in [-0.2, -0.15) is 0 Å². The Labute approximate surface area is 110 Å². The summed E-state index contributed by atoms with van der Waals surface area (Å²) in [7, 11) is 0. The summed E-state index contributed by atoms with van der Waals surface area (Å²) in [6.07, 6.45) is 0.216. The number of halogens is 2. The minimum atomic E-state index is -0.532. The van der Waals surface area contributed by atoms with E-state index in [2.05, 4.69) is 0 Å². The van der Waals surface area contributed by atoms with Gasteiger partial charge in [0.1, 0.15) is 5.82 Å². The lowest BCUT2D eigenvalue weighted by Crippen LogP contribution is -2.44. The molecule has 1 aliphatic rings. The van der Waals surface area contributed by atoms with Crippen molar-refractivity contribution in [3.8, 4) is 0 Å². The fourth-order valence-corrected chi connectivity index (χ4v) is 2.31. The van der Waals surface area contributed by atoms with Crippen LogP contribution in [0, 0.1) is 11.7 Å². The molecule has 0 saturated carbocycles. The molecule has 2 rings (SSSR count). The van der Waals surface area contributed by atoms with Crippen molar-refractivity contribution in [2.45, 2.75) is 19.4 Å². The summed E-state index contributed by atoms with van der Waals surface area (Å²) >= 11 is 5.66. The number of likely N-dealkylation sites (tertiary alicyclic amines) is 1. The van der Waals surface area contributed by atoms with E-state index in [1.807, 2.05) is 6.92 Å². The maximum Gasteiger partial charge on any atom is 0.253 e. The predicted molar refractivity (Wildman–Crippen MR) is 67.1 cm³/mol. The third-order valence-electron chi connectivity index (χ3n) is 3.31. The maximum absolute atomic E-state index is 13.0. The largest absolute Gasteiger partial charge is 0.393 e. The van der Waals surface area contributed by atoms with Gasteiger partial charge in [0.15, 0.2) is 0 Å². The fraction of sp³-hybridized carbons (Fsp3) is 0.462. The molecule has 1 aliphatic heterocycles. The van der Waals surface area contributed by atoms with E-state index < -0.39 is 5.82 Å². The molecule has 1 saturated heterocycles. The van der Waals surface area contributed by atoms with Crippen molar-refractivity contribution in [2.24, 2.45) is 5.92 Å². The van der Waals surface area contributed by atoms with Gasteiger partial charge in [0.25, 0.3) is 5.91 Å². The van der Waals surface area contributed by atoms with E-state index in [4.69, 9.17) is 11.6 Å². The van der Waals surface area contributed by atoms with Crippen molar-refractivity contribution >= 4 is 17.5 Å². The Bertz CT molecular complexity index is 466. The first-order chi connectivity index (χ1) is 8.49. The highest BCUT2D eigenvalue weighted by atomic mass is 35.5. The van der Waals surface area contributed by atoms with Crippen molar-refractivity contribution in [1.29, 1.82) is 0 Å². The third-order valence-corrected chi connectivity index (χ3v) is 3.60. The van der Waals surface area contributed by atoms with E-state index in [9.17, 15) is 14.3 Å². The van der Waals surface area contributed by atoms with E-state index in [1.165, 1.54) is 18.2 Å². The topological polar surface area (TPSA) is 40.5 Å². The van der Waals surface area contributed by atoms with Crippen LogP contribution in [0.3, 0.4) is 0 Å². The fourth-order valence-electron chi connectivity index (χ4n) is 2.13. The number of benzene rings is 1. The molecule has 0 spiro atoms. The Kier molecular flexibility index (Phi) is 3.88. The molecule has 18 heavy (non-hydrogen) atoms. The molecule has 0 bridgehead atoms. The second kappa shape index (κ2) is 5.24. The van der Waals surface area contributed by atoms with Crippen molar-refractivity contribution in [3.05, 3.63) is 34.6 Å². The summed E-state index contributed by atoms with van der Waals surface area (Å²) in [4.78, 5) is 13.8. The van der Waals surface area contributed by atoms with Crippen LogP contribution in [0.5, 0.6) is 0 Å². The number of carbonyl (C=O) groups is 1. The van der Waals surface area contributed by atoms with Gasteiger partial charge >= 0.3 is 0 Å². The quantitative estimate of drug-likeness (QED) is 0.852. The number of amides is 1. The number of aliphatic hydroxyl groups excluding tert-OH is 1. The van der Waals surface area contributed by atoms with E-state index >= 15 is 0 Å². The van der Waals surface area contributed by atoms with Gasteiger partial charge in [-0.1, -0.05) is 18.5 Å². The van der Waals surface area contributed by atoms with Gasteiger partial charge in [0, 0.05) is 18.7 Å². The summed E-state index contributed by atoms with van der Waals surface area (Å²) in [5, 5.41) is 9.57. The highest BCUT2D eigenvalue weighted by molar-refractivity contribution is 6.31. The molecule has 1 fully saturated rings. The van der Waals surface area contributed by atoms with Crippen LogP contribution in [0.2, 0.25) is 5.02 Å². The lowest BCUT2D eigenvalue weighted by Gasteiger charge is -2.34. The van der Waals surface area contributed by atoms with Crippen LogP contribution in [-0.2, 0) is 0 Å². The molecule has 1 N–H and O–H groups in total. The van der Waals surface area contributed by atoms with Crippen LogP contribution in [0.15, 0.2) is 18.2 Å². The molecular weight excluding hydrogens is 257 g/mol. The van der Waals surface area contributed by atoms with Crippen molar-refractivity contribution in [3.63, 3.8) is 0 Å². The molecule has 1 aromatic carbocycles. The molecule has 5 heteroatoms. The van der Waals surface area contributed by atoms with Crippen LogP contribution in [0.1, 0.15) is 23.7 Å². The van der Waals surface area contributed by atoms with Gasteiger partial charge in [0.05, 0.1) is 11.1 Å². The summed E-state index contributed by atoms with van der Waals surface area (Å²) in [5.74, 6) is -0.648. The lowest BCUT2D eigenvalue weighted by atomic mass is 9.96. The summed E-state index contributed by atoms with van der Waals surface area (Å²) in [6, 6.07) is 3.96. The molecule has 0 radical (unpaired) electrons. The SMILES string of the molecule is CC1CN(C(=O)c2ccc(F)c(Cl)c2)CCC1O. The Morgan fingerprint density at radius 1 is 1.56 bits per heavy atom. The lowest BCUT2D eigenvalue weighted by molar-refractivity contribution is 0.0297. The number of nitrogens with zero attached hydrogens (tertiary/aromatic N) is 1. The highest BCUT2D eigenvalue weighted by Gasteiger charge is 2.27. The predicted octanol–water partition coefficient (Wildman–Crippen LogP) is 2.32. The zero-order chi connectivity index (χ0) is 13.3. The second-order valence-corrected chi connectivity index (χ2v) is 5.12. The maximum atomic E-state index is 13.0. The molecule has 1 amide bonds. The van der Waals surface area contributed by atoms with Crippen molar-refractivity contribution in [2.75, 3.05) is 13.1 Å². The molecule has 3 nitrogen and oxygen atoms in total. The van der Waals surface area contributed by atoms with Crippen LogP contribution in [0.4, 0.5) is 4.39 Å². The average molecular weight is 272 g/mol. The average Bonchev–Trinajstić information content (AvgIpc) is 2.35. The standard InChI is InChI=1S/C13H15ClFNO2/c1-8-7-16(5-4-12(8)17)13(18)9-2-3-11(15)10(14)6-9/h2-3,6,8,12,17H,4-5,7H2,1H3. The monoisotopic (exact) mass is 271 g/mol. The number of aliphatic hydroxyl groups is 1. The van der Waals surface area contributed by atoms with Gasteiger partial charge in [-0.05, 0) is 30.5 Å². The molecule has 2 atom stereocenters. The number of hydrogen-bond acceptors (Lipinski definition) is 2. The number of hydrogen-bond donors (Lipinski definition) is 1. The Morgan fingerprint density at radius 2 is 2.28 bits per heavy atom. The Morgan fingerprint density at radius 3 is 2.89 bits per heavy atom. The minimum Gasteiger partial charge on any atom is -0.393 e. The molecule has 0 aromatic heterocycles. The smallest absolute Gasteiger partial charge is 0.253 e. The second-order valence-electron chi connectivity index (χ2n) is 4.71. The summed E-state index contributed by atoms with van der Waals surface area (Å²) in [5.41, 5.74) is 0.380. The zero-order valence-corrected chi connectivity index (χ0v) is 10.8. The van der Waals surface area contributed by atoms with Crippen LogP contribution >= 0.6 is 11.6 Å². The van der Waals surface area contributed by atoms with Crippen molar-refractivity contribution in [1.82, 2.24) is 4.90 Å². The van der Waals surface area contributed by atoms with E-state index in [0.717, 1.165) is 0 Å². The van der Waals surface area contributed by atoms with E-state index in [-0.39, 0.29) is 23.0 Å². The minimum absolute atomic E-state index is 0.0501. The number of piperidine rings is 1. The van der Waals surface area contributed by atoms with Crippen LogP contribution in [-0.4, -0.2) is 35.1 Å². The molecule has 1 heterocycles. The highest BCUT2D eigenvalue weighted by Crippen LogP contribution is 2.21. The first-order valence-corrected chi connectivity index (χ1v) is 6.29. The molecule has 0 aliphatic carbocycles. The van der Waals surface area contributed by atoms with Gasteiger partial charge in [0.2, 0.25) is 0 Å². The number of carbonyl (C=O) groups excluding carboxylic acids is 1. The van der Waals surface area contributed by atoms with E-state index in [1.54, 1.807) is 4.90 Å². The molecule has 98 valence electrons. The molecular formula is C13H15ClFNO2. The first-order valence-electron chi connectivity index (χ1n) is 5.91. The normalized spacial score (nSPS) is 24.1. The van der Waals surface area contributed by atoms with Gasteiger partial charge < -0.3 is 10.0 Å². The van der Waals surface area contributed by atoms with E-state index in [0.29, 0.717) is 25.1 Å². The van der Waals surface area contributed by atoms with Crippen LogP contribution < -0.4 is 0 Å². The molecule has 2 unspecified atom stereocenters. The summed E-state index contributed by atoms with van der Waals surface area (Å²) in [6.45, 7) is 2.93. The van der Waals surface area contributed by atoms with Gasteiger partial charge in [-0.25, -0.2) is 4.39 Å². The molecule has 1 aromatic rings. The first kappa shape index (κ1) is 13.3.